The van der Waals surface area contributed by atoms with Crippen molar-refractivity contribution in [2.24, 2.45) is 5.92 Å². The molecule has 0 aromatic carbocycles. The van der Waals surface area contributed by atoms with Crippen LogP contribution in [0, 0.1) is 12.5 Å². The van der Waals surface area contributed by atoms with Crippen molar-refractivity contribution < 1.29 is 0 Å². The van der Waals surface area contributed by atoms with Gasteiger partial charge in [0, 0.05) is 6.54 Å². The van der Waals surface area contributed by atoms with Gasteiger partial charge in [-0.25, -0.2) is 0 Å². The minimum absolute atomic E-state index is 0.861. The normalized spacial score (nSPS) is 27.7. The molecule has 2 rings (SSSR count). The molecule has 2 heteroatoms. The van der Waals surface area contributed by atoms with Gasteiger partial charge >= 0.3 is 0 Å². The fourth-order valence-corrected chi connectivity index (χ4v) is 2.36. The molecule has 0 amide bonds. The van der Waals surface area contributed by atoms with Crippen LogP contribution >= 0.6 is 0 Å². The first-order valence-electron chi connectivity index (χ1n) is 5.75. The molecule has 13 heavy (non-hydrogen) atoms. The van der Waals surface area contributed by atoms with Crippen molar-refractivity contribution in [1.82, 2.24) is 10.2 Å². The molecule has 2 aliphatic heterocycles. The second kappa shape index (κ2) is 4.97. The predicted molar refractivity (Wildman–Crippen MR) is 55.3 cm³/mol. The highest BCUT2D eigenvalue weighted by molar-refractivity contribution is 4.82. The molecule has 0 saturated carbocycles. The third-order valence-corrected chi connectivity index (χ3v) is 3.20. The van der Waals surface area contributed by atoms with E-state index in [1.54, 1.807) is 0 Å². The summed E-state index contributed by atoms with van der Waals surface area (Å²) in [6.45, 7) is 7.57. The van der Waals surface area contributed by atoms with Gasteiger partial charge in [-0.2, -0.15) is 0 Å². The van der Waals surface area contributed by atoms with Crippen molar-refractivity contribution in [2.75, 3.05) is 26.2 Å². The smallest absolute Gasteiger partial charge is 0.0283 e. The van der Waals surface area contributed by atoms with Crippen LogP contribution in [0.15, 0.2) is 0 Å². The summed E-state index contributed by atoms with van der Waals surface area (Å²) in [5.41, 5.74) is 0. The van der Waals surface area contributed by atoms with E-state index in [9.17, 15) is 0 Å². The lowest BCUT2D eigenvalue weighted by molar-refractivity contribution is 0.229. The second-order valence-electron chi connectivity index (χ2n) is 4.33. The molecule has 2 heterocycles. The molecular weight excluding hydrogens is 160 g/mol. The quantitative estimate of drug-likeness (QED) is 0.696. The van der Waals surface area contributed by atoms with Crippen LogP contribution in [0.2, 0.25) is 0 Å². The van der Waals surface area contributed by atoms with Crippen LogP contribution in [0.3, 0.4) is 0 Å². The topological polar surface area (TPSA) is 15.3 Å². The van der Waals surface area contributed by atoms with E-state index < -0.39 is 0 Å². The van der Waals surface area contributed by atoms with Crippen molar-refractivity contribution in [1.29, 1.82) is 0 Å². The summed E-state index contributed by atoms with van der Waals surface area (Å²) in [7, 11) is 0. The first-order valence-corrected chi connectivity index (χ1v) is 5.75. The van der Waals surface area contributed by atoms with Crippen molar-refractivity contribution >= 4 is 0 Å². The van der Waals surface area contributed by atoms with Gasteiger partial charge in [0.1, 0.15) is 0 Å². The average molecular weight is 181 g/mol. The predicted octanol–water partition coefficient (Wildman–Crippen LogP) is 1.63. The summed E-state index contributed by atoms with van der Waals surface area (Å²) in [6.07, 6.45) is 6.94. The maximum absolute atomic E-state index is 3.41. The van der Waals surface area contributed by atoms with E-state index in [0.717, 1.165) is 5.92 Å². The summed E-state index contributed by atoms with van der Waals surface area (Å²) < 4.78 is 0. The second-order valence-corrected chi connectivity index (χ2v) is 4.33. The zero-order valence-corrected chi connectivity index (χ0v) is 8.47. The van der Waals surface area contributed by atoms with Crippen molar-refractivity contribution in [3.63, 3.8) is 0 Å². The fraction of sp³-hybridized carbons (Fsp3) is 0.909. The minimum atomic E-state index is 0.861. The van der Waals surface area contributed by atoms with Gasteiger partial charge in [0.25, 0.3) is 0 Å². The van der Waals surface area contributed by atoms with Crippen LogP contribution in [-0.4, -0.2) is 31.1 Å². The molecule has 2 nitrogen and oxygen atoms in total. The molecule has 0 aliphatic carbocycles. The Kier molecular flexibility index (Phi) is 3.62. The molecule has 0 aromatic heterocycles. The summed E-state index contributed by atoms with van der Waals surface area (Å²) in [6, 6.07) is 0. The van der Waals surface area contributed by atoms with Gasteiger partial charge in [-0.3, -0.25) is 4.90 Å². The Balaban J connectivity index is 1.69. The molecule has 0 spiro atoms. The zero-order valence-electron chi connectivity index (χ0n) is 8.47. The van der Waals surface area contributed by atoms with Gasteiger partial charge in [0.05, 0.1) is 0 Å². The Hall–Kier alpha value is -0.0800. The number of piperidine rings is 2. The number of hydrogen-bond acceptors (Lipinski definition) is 2. The maximum atomic E-state index is 3.41. The standard InChI is InChI=1S/C11H21N2/c1-2-8-13(9-3-1)10-11-4-6-12-7-5-11/h10-12H,1-9H2. The van der Waals surface area contributed by atoms with Crippen molar-refractivity contribution in [3.05, 3.63) is 6.54 Å². The molecule has 2 saturated heterocycles. The maximum Gasteiger partial charge on any atom is 0.0283 e. The van der Waals surface area contributed by atoms with Crippen LogP contribution < -0.4 is 5.32 Å². The molecule has 75 valence electrons. The zero-order chi connectivity index (χ0) is 8.93. The largest absolute Gasteiger partial charge is 0.317 e. The summed E-state index contributed by atoms with van der Waals surface area (Å²) in [5.74, 6) is 0.861. The van der Waals surface area contributed by atoms with Gasteiger partial charge < -0.3 is 5.32 Å². The molecule has 2 aliphatic rings. The lowest BCUT2D eigenvalue weighted by atomic mass is 9.96. The number of likely N-dealkylation sites (tertiary alicyclic amines) is 1. The molecule has 0 aromatic rings. The molecule has 0 unspecified atom stereocenters. The minimum Gasteiger partial charge on any atom is -0.317 e. The number of hydrogen-bond donors (Lipinski definition) is 1. The monoisotopic (exact) mass is 181 g/mol. The van der Waals surface area contributed by atoms with Gasteiger partial charge in [-0.05, 0) is 57.8 Å². The van der Waals surface area contributed by atoms with Crippen molar-refractivity contribution in [2.45, 2.75) is 32.1 Å². The first kappa shape index (κ1) is 9.47. The van der Waals surface area contributed by atoms with Crippen LogP contribution in [0.4, 0.5) is 0 Å². The highest BCUT2D eigenvalue weighted by atomic mass is 15.1. The highest BCUT2D eigenvalue weighted by Gasteiger charge is 2.18. The lowest BCUT2D eigenvalue weighted by Crippen LogP contribution is -2.35. The molecule has 1 radical (unpaired) electrons. The Labute approximate surface area is 81.7 Å². The van der Waals surface area contributed by atoms with Gasteiger partial charge in [-0.1, -0.05) is 6.42 Å². The lowest BCUT2D eigenvalue weighted by Gasteiger charge is -2.31. The van der Waals surface area contributed by atoms with Crippen LogP contribution in [-0.2, 0) is 0 Å². The number of rotatable bonds is 2. The molecule has 1 N–H and O–H groups in total. The Morgan fingerprint density at radius 3 is 2.38 bits per heavy atom. The first-order chi connectivity index (χ1) is 6.45. The third kappa shape index (κ3) is 2.96. The molecule has 0 atom stereocenters. The summed E-state index contributed by atoms with van der Waals surface area (Å²) >= 11 is 0. The third-order valence-electron chi connectivity index (χ3n) is 3.20. The van der Waals surface area contributed by atoms with E-state index >= 15 is 0 Å². The van der Waals surface area contributed by atoms with Gasteiger partial charge in [0.2, 0.25) is 0 Å². The number of nitrogens with zero attached hydrogens (tertiary/aromatic N) is 1. The Morgan fingerprint density at radius 1 is 1.00 bits per heavy atom. The highest BCUT2D eigenvalue weighted by Crippen LogP contribution is 2.20. The average Bonchev–Trinajstić information content (AvgIpc) is 2.21. The molecular formula is C11H21N2. The SMILES string of the molecule is [CH](C1CCNCC1)N1CCCCC1. The molecule has 2 fully saturated rings. The number of nitrogens with one attached hydrogen (secondary N) is 1. The summed E-state index contributed by atoms with van der Waals surface area (Å²) in [5, 5.41) is 3.41. The van der Waals surface area contributed by atoms with E-state index in [-0.39, 0.29) is 0 Å². The van der Waals surface area contributed by atoms with Crippen molar-refractivity contribution in [3.8, 4) is 0 Å². The van der Waals surface area contributed by atoms with Crippen LogP contribution in [0.5, 0.6) is 0 Å². The Morgan fingerprint density at radius 2 is 1.69 bits per heavy atom. The molecule has 0 bridgehead atoms. The van der Waals surface area contributed by atoms with E-state index in [4.69, 9.17) is 0 Å². The Bertz CT molecular complexity index is 119. The summed E-state index contributed by atoms with van der Waals surface area (Å²) in [4.78, 5) is 2.56. The van der Waals surface area contributed by atoms with Crippen LogP contribution in [0.1, 0.15) is 32.1 Å². The van der Waals surface area contributed by atoms with E-state index in [1.165, 1.54) is 58.3 Å². The fourth-order valence-electron chi connectivity index (χ4n) is 2.36. The van der Waals surface area contributed by atoms with Crippen LogP contribution in [0.25, 0.3) is 0 Å². The van der Waals surface area contributed by atoms with Gasteiger partial charge in [0.15, 0.2) is 0 Å². The van der Waals surface area contributed by atoms with Gasteiger partial charge in [-0.15, -0.1) is 0 Å². The van der Waals surface area contributed by atoms with E-state index in [1.807, 2.05) is 0 Å². The van der Waals surface area contributed by atoms with E-state index in [0.29, 0.717) is 0 Å². The van der Waals surface area contributed by atoms with E-state index in [2.05, 4.69) is 16.8 Å².